The van der Waals surface area contributed by atoms with Crippen LogP contribution < -0.4 is 0 Å². The molecule has 0 aromatic heterocycles. The van der Waals surface area contributed by atoms with E-state index < -0.39 is 11.4 Å². The molecule has 0 saturated carbocycles. The summed E-state index contributed by atoms with van der Waals surface area (Å²) in [4.78, 5) is 0.674. The smallest absolute Gasteiger partial charge is 0.207 e. The number of hydrogen-bond donors (Lipinski definition) is 0. The van der Waals surface area contributed by atoms with E-state index in [0.717, 1.165) is 11.1 Å². The first-order valence-electron chi connectivity index (χ1n) is 7.56. The Bertz CT molecular complexity index is 634. The van der Waals surface area contributed by atoms with Gasteiger partial charge < -0.3 is 5.21 Å². The number of alkyl halides is 2. The van der Waals surface area contributed by atoms with Gasteiger partial charge in [-0.15, -0.1) is 23.2 Å². The van der Waals surface area contributed by atoms with Crippen molar-refractivity contribution in [3.8, 4) is 0 Å². The van der Waals surface area contributed by atoms with E-state index in [0.29, 0.717) is 4.86 Å². The Balaban J connectivity index is 2.09. The number of hydroxylamine groups is 1. The number of benzene rings is 2. The summed E-state index contributed by atoms with van der Waals surface area (Å²) in [5.41, 5.74) is 1.84. The van der Waals surface area contributed by atoms with Gasteiger partial charge in [0.15, 0.2) is 0 Å². The van der Waals surface area contributed by atoms with Gasteiger partial charge in [0.1, 0.15) is 11.4 Å². The highest BCUT2D eigenvalue weighted by Gasteiger charge is 2.26. The van der Waals surface area contributed by atoms with E-state index >= 15 is 0 Å². The molecule has 0 fully saturated rings. The first-order chi connectivity index (χ1) is 11.0. The molecule has 0 aliphatic heterocycles. The predicted molar refractivity (Wildman–Crippen MR) is 95.1 cm³/mol. The molecule has 0 aliphatic rings. The largest absolute Gasteiger partial charge is 0.600 e. The van der Waals surface area contributed by atoms with Crippen LogP contribution in [0.1, 0.15) is 35.7 Å². The summed E-state index contributed by atoms with van der Waals surface area (Å²) in [6, 6.07) is 18.3. The zero-order valence-corrected chi connectivity index (χ0v) is 14.7. The second-order valence-electron chi connectivity index (χ2n) is 5.52. The molecule has 5 heteroatoms. The molecule has 0 saturated heterocycles. The molecule has 0 N–H and O–H groups in total. The summed E-state index contributed by atoms with van der Waals surface area (Å²) in [6.45, 7) is 3.59. The minimum absolute atomic E-state index is 0.348. The lowest BCUT2D eigenvalue weighted by Gasteiger charge is -2.18. The molecule has 2 aromatic carbocycles. The Morgan fingerprint density at radius 2 is 1.26 bits per heavy atom. The van der Waals surface area contributed by atoms with Crippen LogP contribution in [0, 0.1) is 5.21 Å². The second-order valence-corrected chi connectivity index (χ2v) is 6.46. The SMILES string of the molecule is CC(N=[N+]([O-])C(C)C(Cl)c1ccccc1)C(Cl)c1ccccc1. The van der Waals surface area contributed by atoms with Crippen LogP contribution >= 0.6 is 23.2 Å². The van der Waals surface area contributed by atoms with Crippen LogP contribution in [0.15, 0.2) is 65.8 Å². The van der Waals surface area contributed by atoms with Crippen molar-refractivity contribution in [1.82, 2.24) is 0 Å². The number of rotatable bonds is 6. The molecule has 0 radical (unpaired) electrons. The topological polar surface area (TPSA) is 38.4 Å². The quantitative estimate of drug-likeness (QED) is 0.285. The summed E-state index contributed by atoms with van der Waals surface area (Å²) >= 11 is 12.8. The Hall–Kier alpha value is -1.58. The van der Waals surface area contributed by atoms with Crippen molar-refractivity contribution in [3.05, 3.63) is 77.0 Å². The minimum Gasteiger partial charge on any atom is -0.600 e. The summed E-state index contributed by atoms with van der Waals surface area (Å²) in [6.07, 6.45) is 0. The van der Waals surface area contributed by atoms with Crippen molar-refractivity contribution >= 4 is 23.2 Å². The maximum Gasteiger partial charge on any atom is 0.207 e. The van der Waals surface area contributed by atoms with Crippen molar-refractivity contribution in [1.29, 1.82) is 0 Å². The number of halogens is 2. The van der Waals surface area contributed by atoms with Gasteiger partial charge in [-0.25, -0.2) is 0 Å². The van der Waals surface area contributed by atoms with E-state index in [1.54, 1.807) is 6.92 Å². The first-order valence-corrected chi connectivity index (χ1v) is 8.43. The van der Waals surface area contributed by atoms with Crippen molar-refractivity contribution in [2.24, 2.45) is 5.11 Å². The molecule has 0 aliphatic carbocycles. The summed E-state index contributed by atoms with van der Waals surface area (Å²) in [7, 11) is 0. The molecular formula is C18H20Cl2N2O. The lowest BCUT2D eigenvalue weighted by atomic mass is 10.1. The van der Waals surface area contributed by atoms with Gasteiger partial charge in [0.2, 0.25) is 6.04 Å². The Morgan fingerprint density at radius 1 is 0.826 bits per heavy atom. The molecule has 0 amide bonds. The van der Waals surface area contributed by atoms with E-state index in [-0.39, 0.29) is 11.4 Å². The highest BCUT2D eigenvalue weighted by molar-refractivity contribution is 6.21. The molecule has 3 nitrogen and oxygen atoms in total. The molecule has 23 heavy (non-hydrogen) atoms. The average Bonchev–Trinajstić information content (AvgIpc) is 2.61. The van der Waals surface area contributed by atoms with E-state index in [1.165, 1.54) is 0 Å². The maximum atomic E-state index is 12.3. The van der Waals surface area contributed by atoms with Crippen LogP contribution in [0.2, 0.25) is 0 Å². The van der Waals surface area contributed by atoms with Gasteiger partial charge in [-0.3, -0.25) is 0 Å². The highest BCUT2D eigenvalue weighted by atomic mass is 35.5. The average molecular weight is 351 g/mol. The Morgan fingerprint density at radius 3 is 1.74 bits per heavy atom. The lowest BCUT2D eigenvalue weighted by Crippen LogP contribution is -2.24. The predicted octanol–water partition coefficient (Wildman–Crippen LogP) is 5.69. The third-order valence-corrected chi connectivity index (χ3v) is 4.96. The highest BCUT2D eigenvalue weighted by Crippen LogP contribution is 2.29. The minimum atomic E-state index is -0.485. The maximum absolute atomic E-state index is 12.3. The van der Waals surface area contributed by atoms with Crippen LogP contribution in [0.25, 0.3) is 0 Å². The molecule has 2 rings (SSSR count). The Kier molecular flexibility index (Phi) is 6.43. The van der Waals surface area contributed by atoms with Crippen molar-refractivity contribution in [3.63, 3.8) is 0 Å². The zero-order valence-electron chi connectivity index (χ0n) is 13.1. The second kappa shape index (κ2) is 8.32. The van der Waals surface area contributed by atoms with Crippen LogP contribution in [-0.4, -0.2) is 16.9 Å². The third-order valence-electron chi connectivity index (χ3n) is 3.73. The van der Waals surface area contributed by atoms with E-state index in [9.17, 15) is 5.21 Å². The van der Waals surface area contributed by atoms with E-state index in [1.807, 2.05) is 67.6 Å². The summed E-state index contributed by atoms with van der Waals surface area (Å²) in [5, 5.41) is 15.7. The van der Waals surface area contributed by atoms with Crippen LogP contribution in [0.5, 0.6) is 0 Å². The van der Waals surface area contributed by atoms with Gasteiger partial charge in [0, 0.05) is 6.92 Å². The summed E-state index contributed by atoms with van der Waals surface area (Å²) < 4.78 is 0. The van der Waals surface area contributed by atoms with Gasteiger partial charge in [-0.05, 0) is 23.2 Å². The van der Waals surface area contributed by atoms with Crippen molar-refractivity contribution < 1.29 is 4.86 Å². The Labute approximate surface area is 147 Å². The first kappa shape index (κ1) is 17.8. The summed E-state index contributed by atoms with van der Waals surface area (Å²) in [5.74, 6) is 0. The monoisotopic (exact) mass is 350 g/mol. The van der Waals surface area contributed by atoms with Gasteiger partial charge in [0.25, 0.3) is 0 Å². The van der Waals surface area contributed by atoms with Crippen molar-refractivity contribution in [2.75, 3.05) is 0 Å². The van der Waals surface area contributed by atoms with Crippen molar-refractivity contribution in [2.45, 2.75) is 36.7 Å². The molecule has 0 bridgehead atoms. The third kappa shape index (κ3) is 4.69. The molecular weight excluding hydrogens is 331 g/mol. The molecule has 122 valence electrons. The lowest BCUT2D eigenvalue weighted by molar-refractivity contribution is -0.568. The molecule has 4 unspecified atom stereocenters. The van der Waals surface area contributed by atoms with E-state index in [4.69, 9.17) is 23.2 Å². The van der Waals surface area contributed by atoms with Crippen LogP contribution in [0.4, 0.5) is 0 Å². The van der Waals surface area contributed by atoms with Gasteiger partial charge in [-0.1, -0.05) is 65.5 Å². The fourth-order valence-electron chi connectivity index (χ4n) is 2.29. The molecule has 2 aromatic rings. The molecule has 0 spiro atoms. The van der Waals surface area contributed by atoms with Gasteiger partial charge >= 0.3 is 0 Å². The number of nitrogens with zero attached hydrogens (tertiary/aromatic N) is 2. The van der Waals surface area contributed by atoms with Gasteiger partial charge in [0.05, 0.1) is 5.38 Å². The molecule has 4 atom stereocenters. The fraction of sp³-hybridized carbons (Fsp3) is 0.333. The standard InChI is InChI=1S/C18H20Cl2N2O/c1-13(17(19)15-9-5-3-6-10-15)21-22(23)14(2)18(20)16-11-7-4-8-12-16/h3-14,17-18H,1-2H3. The zero-order chi connectivity index (χ0) is 16.8. The van der Waals surface area contributed by atoms with Crippen LogP contribution in [-0.2, 0) is 0 Å². The van der Waals surface area contributed by atoms with Gasteiger partial charge in [-0.2, -0.15) is 0 Å². The molecule has 0 heterocycles. The fourth-order valence-corrected chi connectivity index (χ4v) is 2.72. The number of hydrogen-bond acceptors (Lipinski definition) is 2. The van der Waals surface area contributed by atoms with E-state index in [2.05, 4.69) is 5.11 Å². The van der Waals surface area contributed by atoms with Crippen LogP contribution in [0.3, 0.4) is 0 Å². The normalized spacial score (nSPS) is 17.3. The number of azo groups is 1.